The number of hydrogen-bond donors (Lipinski definition) is 4. The molecule has 0 aliphatic rings. The Bertz CT molecular complexity index is 429. The van der Waals surface area contributed by atoms with E-state index in [-0.39, 0.29) is 10.4 Å². The average molecular weight is 362 g/mol. The van der Waals surface area contributed by atoms with Crippen molar-refractivity contribution in [3.8, 4) is 0 Å². The van der Waals surface area contributed by atoms with Crippen molar-refractivity contribution in [1.29, 1.82) is 0 Å². The van der Waals surface area contributed by atoms with Gasteiger partial charge in [0.15, 0.2) is 0 Å². The van der Waals surface area contributed by atoms with Crippen molar-refractivity contribution in [3.05, 3.63) is 18.0 Å². The van der Waals surface area contributed by atoms with Crippen LogP contribution in [0.4, 0.5) is 0 Å². The monoisotopic (exact) mass is 362 g/mol. The molecule has 2 amide bonds. The first-order valence-electron chi connectivity index (χ1n) is 6.17. The molecule has 0 aromatic carbocycles. The Kier molecular flexibility index (Phi) is 7.72. The SMILES string of the molecule is CCSCC[C@@H]([AsH2])C(O)C(=O)NNC(=O)c1ccn[nH]1. The van der Waals surface area contributed by atoms with Crippen molar-refractivity contribution in [3.63, 3.8) is 0 Å². The van der Waals surface area contributed by atoms with Crippen LogP contribution >= 0.6 is 11.8 Å². The molecule has 0 aliphatic heterocycles. The van der Waals surface area contributed by atoms with Gasteiger partial charge in [-0.05, 0) is 0 Å². The molecule has 112 valence electrons. The summed E-state index contributed by atoms with van der Waals surface area (Å²) in [6.45, 7) is 2.06. The molecular formula is C11H19AsN4O3S. The molecule has 0 aliphatic carbocycles. The second-order valence-corrected chi connectivity index (χ2v) is 7.20. The summed E-state index contributed by atoms with van der Waals surface area (Å²) in [6.07, 6.45) is 1.08. The number of nitrogens with zero attached hydrogens (tertiary/aromatic N) is 1. The van der Waals surface area contributed by atoms with Crippen molar-refractivity contribution in [1.82, 2.24) is 21.0 Å². The Morgan fingerprint density at radius 2 is 2.30 bits per heavy atom. The Balaban J connectivity index is 2.32. The van der Waals surface area contributed by atoms with Gasteiger partial charge in [-0.3, -0.25) is 0 Å². The van der Waals surface area contributed by atoms with Crippen LogP contribution in [-0.4, -0.2) is 61.6 Å². The number of carbonyl (C=O) groups is 2. The predicted octanol–water partition coefficient (Wildman–Crippen LogP) is -0.904. The average Bonchev–Trinajstić information content (AvgIpc) is 2.97. The number of hydrogen-bond acceptors (Lipinski definition) is 5. The van der Waals surface area contributed by atoms with Gasteiger partial charge in [0.25, 0.3) is 0 Å². The molecule has 7 nitrogen and oxygen atoms in total. The normalized spacial score (nSPS) is 13.6. The van der Waals surface area contributed by atoms with E-state index >= 15 is 0 Å². The fourth-order valence-electron chi connectivity index (χ4n) is 1.36. The Hall–Kier alpha value is -0.982. The number of thioether (sulfide) groups is 1. The third-order valence-corrected chi connectivity index (χ3v) is 4.92. The first-order chi connectivity index (χ1) is 9.56. The van der Waals surface area contributed by atoms with E-state index in [4.69, 9.17) is 0 Å². The summed E-state index contributed by atoms with van der Waals surface area (Å²) >= 11 is 3.08. The van der Waals surface area contributed by atoms with Crippen molar-refractivity contribution in [2.45, 2.75) is 24.2 Å². The fraction of sp³-hybridized carbons (Fsp3) is 0.545. The second-order valence-electron chi connectivity index (χ2n) is 4.01. The molecule has 0 saturated heterocycles. The summed E-state index contributed by atoms with van der Waals surface area (Å²) in [7, 11) is 0. The molecule has 1 aromatic heterocycles. The fourth-order valence-corrected chi connectivity index (χ4v) is 3.31. The number of aromatic nitrogens is 2. The molecule has 20 heavy (non-hydrogen) atoms. The number of rotatable bonds is 7. The molecule has 1 heterocycles. The molecular weight excluding hydrogens is 343 g/mol. The van der Waals surface area contributed by atoms with E-state index in [0.29, 0.717) is 0 Å². The van der Waals surface area contributed by atoms with Crippen LogP contribution in [0.5, 0.6) is 0 Å². The minimum absolute atomic E-state index is 0.106. The number of aliphatic hydroxyl groups excluding tert-OH is 1. The third kappa shape index (κ3) is 5.56. The Morgan fingerprint density at radius 3 is 2.90 bits per heavy atom. The number of aliphatic hydroxyl groups is 1. The predicted molar refractivity (Wildman–Crippen MR) is 80.1 cm³/mol. The zero-order valence-electron chi connectivity index (χ0n) is 11.1. The number of hydrazine groups is 1. The molecule has 0 fully saturated rings. The number of nitrogens with one attached hydrogen (secondary N) is 3. The standard InChI is InChI=1S/C11H19AsN4O3S/c1-2-20-6-4-7(12)9(17)11(19)16-15-10(18)8-3-5-13-14-8/h3,5,7,9,17H,2,4,6,12H2,1H3,(H,13,14)(H,15,18)(H,16,19)/t7-,9?/m1/s1. The van der Waals surface area contributed by atoms with Crippen LogP contribution in [0.2, 0.25) is 4.71 Å². The van der Waals surface area contributed by atoms with E-state index in [1.54, 1.807) is 11.8 Å². The number of aromatic amines is 1. The van der Waals surface area contributed by atoms with Crippen LogP contribution in [0.15, 0.2) is 12.3 Å². The number of amides is 2. The molecule has 4 N–H and O–H groups in total. The molecule has 3 atom stereocenters. The molecule has 0 spiro atoms. The van der Waals surface area contributed by atoms with Crippen molar-refractivity contribution in [2.75, 3.05) is 11.5 Å². The first kappa shape index (κ1) is 17.1. The van der Waals surface area contributed by atoms with Gasteiger partial charge < -0.3 is 0 Å². The van der Waals surface area contributed by atoms with Crippen LogP contribution < -0.4 is 10.9 Å². The Labute approximate surface area is 130 Å². The topological polar surface area (TPSA) is 107 Å². The van der Waals surface area contributed by atoms with Gasteiger partial charge in [0.1, 0.15) is 0 Å². The van der Waals surface area contributed by atoms with Gasteiger partial charge in [-0.25, -0.2) is 0 Å². The van der Waals surface area contributed by atoms with E-state index < -0.39 is 17.9 Å². The van der Waals surface area contributed by atoms with E-state index in [2.05, 4.69) is 28.0 Å². The maximum absolute atomic E-state index is 11.7. The minimum atomic E-state index is -1.12. The van der Waals surface area contributed by atoms with Gasteiger partial charge in [0.2, 0.25) is 0 Å². The number of carbonyl (C=O) groups excluding carboxylic acids is 2. The van der Waals surface area contributed by atoms with E-state index in [1.165, 1.54) is 29.1 Å². The summed E-state index contributed by atoms with van der Waals surface area (Å²) in [5, 5.41) is 16.0. The van der Waals surface area contributed by atoms with Crippen LogP contribution in [0, 0.1) is 0 Å². The molecule has 0 saturated carbocycles. The molecule has 1 aromatic rings. The molecule has 1 rings (SSSR count). The number of H-pyrrole nitrogens is 1. The summed E-state index contributed by atoms with van der Waals surface area (Å²) in [6, 6.07) is 1.48. The molecule has 9 heteroatoms. The molecule has 0 bridgehead atoms. The Morgan fingerprint density at radius 1 is 1.55 bits per heavy atom. The zero-order chi connectivity index (χ0) is 15.0. The summed E-state index contributed by atoms with van der Waals surface area (Å²) in [4.78, 5) is 23.2. The van der Waals surface area contributed by atoms with E-state index in [1.807, 2.05) is 0 Å². The zero-order valence-corrected chi connectivity index (χ0v) is 14.4. The van der Waals surface area contributed by atoms with Gasteiger partial charge in [0.05, 0.1) is 0 Å². The van der Waals surface area contributed by atoms with Crippen LogP contribution in [-0.2, 0) is 4.79 Å². The summed E-state index contributed by atoms with van der Waals surface area (Å²) in [5.74, 6) is 0.809. The van der Waals surface area contributed by atoms with Crippen molar-refractivity contribution >= 4 is 40.4 Å². The quantitative estimate of drug-likeness (QED) is 0.286. The van der Waals surface area contributed by atoms with Gasteiger partial charge in [-0.15, -0.1) is 0 Å². The summed E-state index contributed by atoms with van der Waals surface area (Å²) in [5.41, 5.74) is 4.66. The first-order valence-corrected chi connectivity index (χ1v) is 8.72. The second kappa shape index (κ2) is 9.05. The van der Waals surface area contributed by atoms with Crippen LogP contribution in [0.3, 0.4) is 0 Å². The molecule has 0 radical (unpaired) electrons. The van der Waals surface area contributed by atoms with E-state index in [9.17, 15) is 14.7 Å². The third-order valence-electron chi connectivity index (χ3n) is 2.52. The van der Waals surface area contributed by atoms with Crippen LogP contribution in [0.1, 0.15) is 23.8 Å². The van der Waals surface area contributed by atoms with Gasteiger partial charge in [-0.1, -0.05) is 0 Å². The van der Waals surface area contributed by atoms with Gasteiger partial charge in [0, 0.05) is 0 Å². The van der Waals surface area contributed by atoms with Crippen molar-refractivity contribution in [2.24, 2.45) is 0 Å². The molecule has 2 unspecified atom stereocenters. The van der Waals surface area contributed by atoms with Crippen molar-refractivity contribution < 1.29 is 14.7 Å². The van der Waals surface area contributed by atoms with Crippen LogP contribution in [0.25, 0.3) is 0 Å². The maximum atomic E-state index is 11.7. The summed E-state index contributed by atoms with van der Waals surface area (Å²) < 4.78 is -0.106. The van der Waals surface area contributed by atoms with E-state index in [0.717, 1.165) is 17.9 Å². The van der Waals surface area contributed by atoms with Gasteiger partial charge >= 0.3 is 130 Å². The van der Waals surface area contributed by atoms with Gasteiger partial charge in [-0.2, -0.15) is 0 Å².